The molecule has 0 radical (unpaired) electrons. The lowest BCUT2D eigenvalue weighted by Gasteiger charge is -2.28. The second kappa shape index (κ2) is 12.8. The molecule has 38 heavy (non-hydrogen) atoms. The summed E-state index contributed by atoms with van der Waals surface area (Å²) >= 11 is 11.0. The van der Waals surface area contributed by atoms with Crippen LogP contribution in [-0.2, 0) is 23.4 Å². The molecule has 1 aliphatic rings. The van der Waals surface area contributed by atoms with Crippen molar-refractivity contribution in [2.45, 2.75) is 63.7 Å². The Kier molecular flexibility index (Phi) is 9.29. The number of hydrogen-bond donors (Lipinski definition) is 4. The molecule has 1 saturated heterocycles. The summed E-state index contributed by atoms with van der Waals surface area (Å²) in [6, 6.07) is 5.38. The average molecular weight is 594 g/mol. The number of ether oxygens (including phenoxy) is 2. The van der Waals surface area contributed by atoms with E-state index in [9.17, 15) is 24.4 Å². The Balaban J connectivity index is 1.90. The van der Waals surface area contributed by atoms with Gasteiger partial charge in [-0.3, -0.25) is 23.7 Å². The van der Waals surface area contributed by atoms with E-state index in [1.54, 1.807) is 0 Å². The Morgan fingerprint density at radius 3 is 2.74 bits per heavy atom. The molecular weight excluding hydrogens is 561 g/mol. The van der Waals surface area contributed by atoms with Crippen LogP contribution in [0.4, 0.5) is 0 Å². The van der Waals surface area contributed by atoms with Crippen LogP contribution in [0.25, 0.3) is 0 Å². The van der Waals surface area contributed by atoms with E-state index in [1.807, 2.05) is 6.92 Å². The second-order valence-corrected chi connectivity index (χ2v) is 11.2. The van der Waals surface area contributed by atoms with Crippen LogP contribution in [0, 0.1) is 4.77 Å². The zero-order chi connectivity index (χ0) is 29.9. The van der Waals surface area contributed by atoms with Gasteiger partial charge in [0.05, 0.1) is 15.9 Å². The Morgan fingerprint density at radius 2 is 2.11 bits per heavy atom. The summed E-state index contributed by atoms with van der Waals surface area (Å²) in [5.74, 6) is -0.829. The number of nitrogens with zero attached hydrogens (tertiary/aromatic N) is 1. The number of halogens is 1. The highest BCUT2D eigenvalue weighted by Crippen LogP contribution is 2.47. The van der Waals surface area contributed by atoms with Crippen LogP contribution >= 0.6 is 31.6 Å². The molecule has 1 aliphatic heterocycles. The minimum absolute atomic E-state index is 0.0418. The quantitative estimate of drug-likeness (QED) is 0.124. The van der Waals surface area contributed by atoms with Gasteiger partial charge in [0.25, 0.3) is 5.56 Å². The number of benzene rings is 1. The van der Waals surface area contributed by atoms with E-state index < -0.39 is 55.9 Å². The van der Waals surface area contributed by atoms with Crippen molar-refractivity contribution in [3.63, 3.8) is 0 Å². The first-order chi connectivity index (χ1) is 18.6. The Hall–Kier alpha value is -2.09. The fraction of sp³-hybridized carbons (Fsp3) is 0.522. The van der Waals surface area contributed by atoms with Gasteiger partial charge in [-0.05, 0) is 56.8 Å². The van der Waals surface area contributed by atoms with E-state index in [-0.39, 0.29) is 17.1 Å². The highest BCUT2D eigenvalue weighted by molar-refractivity contribution is 7.71. The molecule has 0 bridgehead atoms. The number of carbonyl (C=O) groups is 1. The number of carbonyl (C=O) groups excluding carboxylic acids is 1. The minimum atomic E-state index is -4.77. The van der Waals surface area contributed by atoms with Crippen molar-refractivity contribution in [2.24, 2.45) is 0 Å². The summed E-state index contributed by atoms with van der Waals surface area (Å²) in [4.78, 5) is 26.4. The van der Waals surface area contributed by atoms with Gasteiger partial charge >= 0.3 is 13.7 Å². The number of aromatic amines is 1. The first-order valence-electron chi connectivity index (χ1n) is 12.7. The monoisotopic (exact) mass is 593 g/mol. The van der Waals surface area contributed by atoms with Crippen LogP contribution in [0.3, 0.4) is 0 Å². The van der Waals surface area contributed by atoms with Crippen molar-refractivity contribution < 1.29 is 40.8 Å². The molecule has 1 aromatic carbocycles. The smallest absolute Gasteiger partial charge is 0.459 e. The van der Waals surface area contributed by atoms with Crippen molar-refractivity contribution in [1.82, 2.24) is 14.6 Å². The van der Waals surface area contributed by atoms with Crippen molar-refractivity contribution in [3.05, 3.63) is 56.7 Å². The minimum Gasteiger partial charge on any atom is -0.465 e. The molecule has 3 rings (SSSR count). The van der Waals surface area contributed by atoms with E-state index in [1.165, 1.54) is 44.3 Å². The number of hydrogen-bond acceptors (Lipinski definition) is 10. The summed E-state index contributed by atoms with van der Waals surface area (Å²) in [6.07, 6.45) is -2.79. The number of esters is 1. The van der Waals surface area contributed by atoms with E-state index in [0.717, 1.165) is 17.1 Å². The zero-order valence-electron chi connectivity index (χ0n) is 22.8. The Bertz CT molecular complexity index is 1360. The Morgan fingerprint density at radius 1 is 1.42 bits per heavy atom. The summed E-state index contributed by atoms with van der Waals surface area (Å²) < 4.78 is 53.5. The first kappa shape index (κ1) is 27.5. The SMILES string of the molecule is [2H]C([2H])(O[P@](=O)(N[C@@H](C)C(=O)OCCCC)Oc1ccc(Cl)cc1)[C@H]1O[C@@H](n2ccc(=O)[nH]c2=S)C(C)(O)[C@H]1O. The third-order valence-electron chi connectivity index (χ3n) is 5.54. The molecule has 1 unspecified atom stereocenters. The number of aromatic nitrogens is 2. The van der Waals surface area contributed by atoms with Crippen LogP contribution < -0.4 is 15.2 Å². The van der Waals surface area contributed by atoms with Crippen LogP contribution in [0.15, 0.2) is 41.3 Å². The molecule has 0 saturated carbocycles. The average Bonchev–Trinajstić information content (AvgIpc) is 3.09. The van der Waals surface area contributed by atoms with E-state index >= 15 is 0 Å². The maximum Gasteiger partial charge on any atom is 0.459 e. The predicted molar refractivity (Wildman–Crippen MR) is 141 cm³/mol. The summed E-state index contributed by atoms with van der Waals surface area (Å²) in [6.45, 7) is 1.43. The Labute approximate surface area is 232 Å². The third kappa shape index (κ3) is 7.51. The highest BCUT2D eigenvalue weighted by atomic mass is 35.5. The lowest BCUT2D eigenvalue weighted by molar-refractivity contribution is -0.145. The lowest BCUT2D eigenvalue weighted by atomic mass is 9.96. The standard InChI is InChI=1S/C23H31ClN3O9PS/c1-4-5-12-33-20(30)14(2)26-37(32,36-16-8-6-15(24)7-9-16)34-13-17-19(29)23(3,31)21(35-17)27-11-10-18(28)25-22(27)38/h6-11,14,17,19,21,29,31H,4-5,12-13H2,1-3H3,(H,26,32)(H,25,28,38)/t14-,17+,19-,21+,23?,37+/m0/s1/i13D2. The van der Waals surface area contributed by atoms with Crippen LogP contribution in [0.5, 0.6) is 5.75 Å². The molecule has 2 aromatic rings. The van der Waals surface area contributed by atoms with Crippen molar-refractivity contribution >= 4 is 37.5 Å². The van der Waals surface area contributed by atoms with Crippen molar-refractivity contribution in [2.75, 3.05) is 13.2 Å². The van der Waals surface area contributed by atoms with Crippen LogP contribution in [0.1, 0.15) is 42.6 Å². The van der Waals surface area contributed by atoms with Gasteiger partial charge in [-0.15, -0.1) is 0 Å². The molecule has 6 atom stereocenters. The molecule has 1 aromatic heterocycles. The highest BCUT2D eigenvalue weighted by Gasteiger charge is 2.53. The third-order valence-corrected chi connectivity index (χ3v) is 7.61. The predicted octanol–water partition coefficient (Wildman–Crippen LogP) is 3.09. The zero-order valence-corrected chi connectivity index (χ0v) is 23.3. The lowest BCUT2D eigenvalue weighted by Crippen LogP contribution is -2.45. The molecular formula is C23H31ClN3O9PS. The van der Waals surface area contributed by atoms with E-state index in [0.29, 0.717) is 11.4 Å². The van der Waals surface area contributed by atoms with E-state index in [2.05, 4.69) is 10.1 Å². The fourth-order valence-electron chi connectivity index (χ4n) is 3.41. The molecule has 1 fully saturated rings. The molecule has 210 valence electrons. The van der Waals surface area contributed by atoms with Gasteiger partial charge in [-0.25, -0.2) is 4.57 Å². The van der Waals surface area contributed by atoms with Gasteiger partial charge in [-0.2, -0.15) is 5.09 Å². The number of unbranched alkanes of at least 4 members (excludes halogenated alkanes) is 1. The van der Waals surface area contributed by atoms with Crippen LogP contribution in [-0.4, -0.2) is 62.8 Å². The van der Waals surface area contributed by atoms with Gasteiger partial charge in [0, 0.05) is 17.3 Å². The normalized spacial score (nSPS) is 26.6. The maximum atomic E-state index is 13.9. The number of rotatable bonds is 12. The van der Waals surface area contributed by atoms with Crippen molar-refractivity contribution in [3.8, 4) is 5.75 Å². The maximum absolute atomic E-state index is 13.9. The van der Waals surface area contributed by atoms with Gasteiger partial charge in [0.15, 0.2) is 11.0 Å². The number of nitrogens with one attached hydrogen (secondary N) is 2. The first-order valence-corrected chi connectivity index (χ1v) is 14.0. The second-order valence-electron chi connectivity index (χ2n) is 8.72. The van der Waals surface area contributed by atoms with Gasteiger partial charge in [0.2, 0.25) is 0 Å². The molecule has 4 N–H and O–H groups in total. The molecule has 2 heterocycles. The topological polar surface area (TPSA) is 161 Å². The molecule has 0 spiro atoms. The van der Waals surface area contributed by atoms with Crippen molar-refractivity contribution in [1.29, 1.82) is 0 Å². The van der Waals surface area contributed by atoms with Gasteiger partial charge in [0.1, 0.15) is 29.6 Å². The van der Waals surface area contributed by atoms with Gasteiger partial charge in [-0.1, -0.05) is 24.9 Å². The van der Waals surface area contributed by atoms with E-state index in [4.69, 9.17) is 45.1 Å². The van der Waals surface area contributed by atoms with Gasteiger partial charge < -0.3 is 24.2 Å². The fourth-order valence-corrected chi connectivity index (χ4v) is 5.16. The van der Waals surface area contributed by atoms with Crippen LogP contribution in [0.2, 0.25) is 5.02 Å². The summed E-state index contributed by atoms with van der Waals surface area (Å²) in [7, 11) is -4.77. The molecule has 0 amide bonds. The number of aliphatic hydroxyl groups is 2. The molecule has 12 nitrogen and oxygen atoms in total. The number of H-pyrrole nitrogens is 1. The summed E-state index contributed by atoms with van der Waals surface area (Å²) in [5, 5.41) is 24.6. The molecule has 0 aliphatic carbocycles. The number of aliphatic hydroxyl groups excluding tert-OH is 1. The molecule has 15 heteroatoms. The summed E-state index contributed by atoms with van der Waals surface area (Å²) in [5.41, 5.74) is -2.67. The largest absolute Gasteiger partial charge is 0.465 e.